The summed E-state index contributed by atoms with van der Waals surface area (Å²) in [5, 5.41) is 9.71. The molecule has 0 atom stereocenters. The lowest BCUT2D eigenvalue weighted by atomic mass is 10.2. The van der Waals surface area contributed by atoms with Crippen LogP contribution in [0, 0.1) is 0 Å². The summed E-state index contributed by atoms with van der Waals surface area (Å²) >= 11 is 1.66. The fourth-order valence-corrected chi connectivity index (χ4v) is 2.89. The summed E-state index contributed by atoms with van der Waals surface area (Å²) in [5.41, 5.74) is 1.13. The number of hydrogen-bond acceptors (Lipinski definition) is 5. The van der Waals surface area contributed by atoms with Crippen LogP contribution in [-0.2, 0) is 17.7 Å². The first-order chi connectivity index (χ1) is 11.7. The molecular formula is C17H26N4O2S. The lowest BCUT2D eigenvalue weighted by molar-refractivity contribution is 0.203. The van der Waals surface area contributed by atoms with E-state index >= 15 is 0 Å². The monoisotopic (exact) mass is 350 g/mol. The molecule has 0 radical (unpaired) electrons. The van der Waals surface area contributed by atoms with Gasteiger partial charge in [0.25, 0.3) is 0 Å². The highest BCUT2D eigenvalue weighted by Gasteiger charge is 2.06. The summed E-state index contributed by atoms with van der Waals surface area (Å²) in [6.07, 6.45) is 2.50. The normalized spacial score (nSPS) is 11.9. The number of furan rings is 1. The molecule has 0 aliphatic carbocycles. The van der Waals surface area contributed by atoms with E-state index in [9.17, 15) is 0 Å². The number of aromatic nitrogens is 1. The molecule has 0 spiro atoms. The lowest BCUT2D eigenvalue weighted by Crippen LogP contribution is -2.40. The fourth-order valence-electron chi connectivity index (χ4n) is 2.01. The summed E-state index contributed by atoms with van der Waals surface area (Å²) in [6, 6.07) is 3.87. The third-order valence-electron chi connectivity index (χ3n) is 3.38. The van der Waals surface area contributed by atoms with Gasteiger partial charge in [0.2, 0.25) is 0 Å². The van der Waals surface area contributed by atoms with Crippen LogP contribution in [0.15, 0.2) is 33.2 Å². The average Bonchev–Trinajstić information content (AvgIpc) is 3.24. The van der Waals surface area contributed by atoms with Crippen LogP contribution in [0.1, 0.15) is 36.2 Å². The van der Waals surface area contributed by atoms with E-state index in [4.69, 9.17) is 9.15 Å². The van der Waals surface area contributed by atoms with E-state index in [1.807, 2.05) is 12.1 Å². The number of rotatable bonds is 9. The second kappa shape index (κ2) is 10.1. The molecule has 0 fully saturated rings. The molecular weight excluding hydrogens is 324 g/mol. The Labute approximate surface area is 147 Å². The van der Waals surface area contributed by atoms with Crippen LogP contribution in [0.4, 0.5) is 0 Å². The predicted octanol–water partition coefficient (Wildman–Crippen LogP) is 2.78. The van der Waals surface area contributed by atoms with Gasteiger partial charge in [0.1, 0.15) is 10.8 Å². The van der Waals surface area contributed by atoms with Crippen molar-refractivity contribution in [3.05, 3.63) is 40.2 Å². The highest BCUT2D eigenvalue weighted by atomic mass is 32.1. The topological polar surface area (TPSA) is 71.7 Å². The van der Waals surface area contributed by atoms with Crippen LogP contribution < -0.4 is 10.6 Å². The van der Waals surface area contributed by atoms with Gasteiger partial charge in [0.05, 0.1) is 25.1 Å². The van der Waals surface area contributed by atoms with Gasteiger partial charge in [-0.15, -0.1) is 11.3 Å². The first-order valence-corrected chi connectivity index (χ1v) is 9.04. The van der Waals surface area contributed by atoms with Crippen molar-refractivity contribution in [2.75, 3.05) is 26.8 Å². The fraction of sp³-hybridized carbons (Fsp3) is 0.529. The van der Waals surface area contributed by atoms with Gasteiger partial charge in [-0.25, -0.2) is 9.98 Å². The van der Waals surface area contributed by atoms with Crippen molar-refractivity contribution in [1.82, 2.24) is 15.6 Å². The highest BCUT2D eigenvalue weighted by molar-refractivity contribution is 7.09. The number of guanidine groups is 1. The van der Waals surface area contributed by atoms with Gasteiger partial charge in [-0.2, -0.15) is 0 Å². The van der Waals surface area contributed by atoms with E-state index in [1.165, 1.54) is 0 Å². The largest absolute Gasteiger partial charge is 0.469 e. The quantitative estimate of drug-likeness (QED) is 0.413. The van der Waals surface area contributed by atoms with Crippen LogP contribution in [-0.4, -0.2) is 37.7 Å². The van der Waals surface area contributed by atoms with Crippen LogP contribution >= 0.6 is 11.3 Å². The number of nitrogens with zero attached hydrogens (tertiary/aromatic N) is 2. The summed E-state index contributed by atoms with van der Waals surface area (Å²) in [5.74, 6) is 2.17. The number of ether oxygens (including phenoxy) is 1. The Balaban J connectivity index is 1.87. The minimum atomic E-state index is 0.449. The summed E-state index contributed by atoms with van der Waals surface area (Å²) in [7, 11) is 1.69. The summed E-state index contributed by atoms with van der Waals surface area (Å²) < 4.78 is 10.4. The Morgan fingerprint density at radius 2 is 2.21 bits per heavy atom. The molecule has 0 aliphatic heterocycles. The minimum absolute atomic E-state index is 0.449. The van der Waals surface area contributed by atoms with Gasteiger partial charge in [-0.3, -0.25) is 0 Å². The van der Waals surface area contributed by atoms with Gasteiger partial charge >= 0.3 is 0 Å². The van der Waals surface area contributed by atoms with Crippen molar-refractivity contribution in [3.8, 4) is 0 Å². The molecule has 0 unspecified atom stereocenters. The first kappa shape index (κ1) is 18.5. The molecule has 2 heterocycles. The van der Waals surface area contributed by atoms with Crippen molar-refractivity contribution in [3.63, 3.8) is 0 Å². The molecule has 2 rings (SSSR count). The van der Waals surface area contributed by atoms with Gasteiger partial charge in [0.15, 0.2) is 5.96 Å². The molecule has 0 saturated carbocycles. The molecule has 24 heavy (non-hydrogen) atoms. The zero-order chi connectivity index (χ0) is 17.2. The number of aliphatic imine (C=N–C) groups is 1. The number of hydrogen-bond donors (Lipinski definition) is 2. The molecule has 0 aromatic carbocycles. The molecule has 0 amide bonds. The standard InChI is InChI=1S/C17H26N4O2S/c1-13(2)15-12-24-16(21-15)11-20-17(19-8-10-22-3)18-7-6-14-5-4-9-23-14/h4-5,9,12-13H,6-8,10-11H2,1-3H3,(H2,18,19,20). The third kappa shape index (κ3) is 6.33. The average molecular weight is 350 g/mol. The smallest absolute Gasteiger partial charge is 0.191 e. The van der Waals surface area contributed by atoms with Crippen molar-refractivity contribution in [2.45, 2.75) is 32.7 Å². The summed E-state index contributed by atoms with van der Waals surface area (Å²) in [4.78, 5) is 9.23. The molecule has 132 valence electrons. The Hall–Kier alpha value is -1.86. The molecule has 2 aromatic heterocycles. The van der Waals surface area contributed by atoms with Crippen molar-refractivity contribution >= 4 is 17.3 Å². The van der Waals surface area contributed by atoms with Gasteiger partial charge in [-0.05, 0) is 18.1 Å². The highest BCUT2D eigenvalue weighted by Crippen LogP contribution is 2.18. The Kier molecular flexibility index (Phi) is 7.77. The van der Waals surface area contributed by atoms with Crippen molar-refractivity contribution < 1.29 is 9.15 Å². The van der Waals surface area contributed by atoms with E-state index < -0.39 is 0 Å². The zero-order valence-corrected chi connectivity index (χ0v) is 15.4. The zero-order valence-electron chi connectivity index (χ0n) is 14.5. The molecule has 0 saturated heterocycles. The van der Waals surface area contributed by atoms with Crippen LogP contribution in [0.3, 0.4) is 0 Å². The van der Waals surface area contributed by atoms with Crippen LogP contribution in [0.2, 0.25) is 0 Å². The van der Waals surface area contributed by atoms with E-state index in [2.05, 4.69) is 39.8 Å². The molecule has 2 aromatic rings. The van der Waals surface area contributed by atoms with Gasteiger partial charge in [0, 0.05) is 32.0 Å². The minimum Gasteiger partial charge on any atom is -0.469 e. The lowest BCUT2D eigenvalue weighted by Gasteiger charge is -2.11. The molecule has 2 N–H and O–H groups in total. The third-order valence-corrected chi connectivity index (χ3v) is 4.23. The number of methoxy groups -OCH3 is 1. The van der Waals surface area contributed by atoms with E-state index in [-0.39, 0.29) is 0 Å². The number of thiazole rings is 1. The van der Waals surface area contributed by atoms with E-state index in [0.717, 1.165) is 35.4 Å². The Morgan fingerprint density at radius 3 is 2.88 bits per heavy atom. The molecule has 6 nitrogen and oxygen atoms in total. The Morgan fingerprint density at radius 1 is 1.38 bits per heavy atom. The van der Waals surface area contributed by atoms with Crippen molar-refractivity contribution in [1.29, 1.82) is 0 Å². The van der Waals surface area contributed by atoms with Crippen LogP contribution in [0.25, 0.3) is 0 Å². The van der Waals surface area contributed by atoms with Crippen LogP contribution in [0.5, 0.6) is 0 Å². The summed E-state index contributed by atoms with van der Waals surface area (Å²) in [6.45, 7) is 6.96. The maximum atomic E-state index is 5.34. The van der Waals surface area contributed by atoms with Crippen molar-refractivity contribution in [2.24, 2.45) is 4.99 Å². The predicted molar refractivity (Wildman–Crippen MR) is 97.6 cm³/mol. The molecule has 7 heteroatoms. The van der Waals surface area contributed by atoms with E-state index in [0.29, 0.717) is 25.6 Å². The first-order valence-electron chi connectivity index (χ1n) is 8.17. The van der Waals surface area contributed by atoms with Gasteiger partial charge in [-0.1, -0.05) is 13.8 Å². The molecule has 0 bridgehead atoms. The number of nitrogens with one attached hydrogen (secondary N) is 2. The second-order valence-corrected chi connectivity index (χ2v) is 6.60. The Bertz CT molecular complexity index is 608. The SMILES string of the molecule is COCCNC(=NCc1nc(C(C)C)cs1)NCCc1ccco1. The van der Waals surface area contributed by atoms with E-state index in [1.54, 1.807) is 24.7 Å². The maximum Gasteiger partial charge on any atom is 0.191 e. The maximum absolute atomic E-state index is 5.34. The van der Waals surface area contributed by atoms with Gasteiger partial charge < -0.3 is 19.8 Å². The second-order valence-electron chi connectivity index (χ2n) is 5.66. The molecule has 0 aliphatic rings.